The number of para-hydroxylation sites is 1. The zero-order chi connectivity index (χ0) is 32.5. The molecule has 0 bridgehead atoms. The molecule has 0 aliphatic carbocycles. The first kappa shape index (κ1) is 31.8. The van der Waals surface area contributed by atoms with Gasteiger partial charge in [0, 0.05) is 43.3 Å². The summed E-state index contributed by atoms with van der Waals surface area (Å²) < 4.78 is 40.7. The number of hydrogen-bond donors (Lipinski definition) is 1. The standard InChI is InChI=1S/C34H41N5O6S/c1-4-45-31-13-9-8-12-28(31)34(35-33(41)38-22-20-37(21-23-38)25-16-18-36(2)19-17-25)29-24-26(44-3)14-15-30(29)39(32(34)40)46(42,43)27-10-6-5-7-11-27/h5-15,24-25H,4,16-23H2,1-3H3,(H,35,41). The first-order valence-corrected chi connectivity index (χ1v) is 17.2. The normalized spacial score (nSPS) is 21.2. The van der Waals surface area contributed by atoms with Crippen molar-refractivity contribution >= 4 is 27.6 Å². The molecule has 2 saturated heterocycles. The summed E-state index contributed by atoms with van der Waals surface area (Å²) in [5.41, 5.74) is -1.18. The summed E-state index contributed by atoms with van der Waals surface area (Å²) in [7, 11) is -0.746. The second-order valence-electron chi connectivity index (χ2n) is 11.9. The van der Waals surface area contributed by atoms with Gasteiger partial charge in [0.2, 0.25) is 0 Å². The fourth-order valence-electron chi connectivity index (χ4n) is 6.83. The molecule has 46 heavy (non-hydrogen) atoms. The second kappa shape index (κ2) is 12.9. The van der Waals surface area contributed by atoms with Crippen LogP contribution in [0.15, 0.2) is 77.7 Å². The van der Waals surface area contributed by atoms with E-state index in [2.05, 4.69) is 22.2 Å². The number of amides is 3. The van der Waals surface area contributed by atoms with Gasteiger partial charge in [-0.2, -0.15) is 4.31 Å². The third kappa shape index (κ3) is 5.58. The van der Waals surface area contributed by atoms with E-state index in [-0.39, 0.29) is 16.1 Å². The van der Waals surface area contributed by atoms with Crippen LogP contribution in [0.1, 0.15) is 30.9 Å². The second-order valence-corrected chi connectivity index (χ2v) is 13.7. The quantitative estimate of drug-likeness (QED) is 0.396. The minimum atomic E-state index is -4.38. The van der Waals surface area contributed by atoms with E-state index in [0.717, 1.165) is 43.3 Å². The monoisotopic (exact) mass is 647 g/mol. The van der Waals surface area contributed by atoms with Crippen LogP contribution in [-0.2, 0) is 20.4 Å². The number of piperidine rings is 1. The van der Waals surface area contributed by atoms with E-state index >= 15 is 0 Å². The van der Waals surface area contributed by atoms with Crippen LogP contribution in [-0.4, -0.2) is 101 Å². The van der Waals surface area contributed by atoms with Crippen LogP contribution in [0.25, 0.3) is 0 Å². The first-order valence-electron chi connectivity index (χ1n) is 15.8. The Morgan fingerprint density at radius 1 is 0.913 bits per heavy atom. The smallest absolute Gasteiger partial charge is 0.318 e. The van der Waals surface area contributed by atoms with E-state index in [1.807, 2.05) is 6.92 Å². The Labute approximate surface area is 270 Å². The number of piperazine rings is 1. The van der Waals surface area contributed by atoms with Gasteiger partial charge in [-0.05, 0) is 76.3 Å². The highest BCUT2D eigenvalue weighted by atomic mass is 32.2. The summed E-state index contributed by atoms with van der Waals surface area (Å²) in [4.78, 5) is 35.7. The minimum absolute atomic E-state index is 0.0460. The molecular formula is C34H41N5O6S. The highest BCUT2D eigenvalue weighted by Gasteiger charge is 2.58. The summed E-state index contributed by atoms with van der Waals surface area (Å²) in [5, 5.41) is 3.06. The molecule has 0 saturated carbocycles. The molecule has 3 aliphatic rings. The van der Waals surface area contributed by atoms with Crippen molar-refractivity contribution in [1.29, 1.82) is 0 Å². The summed E-state index contributed by atoms with van der Waals surface area (Å²) in [5.74, 6) is -0.0618. The van der Waals surface area contributed by atoms with Gasteiger partial charge in [-0.25, -0.2) is 13.2 Å². The number of urea groups is 1. The fraction of sp³-hybridized carbons (Fsp3) is 0.412. The number of nitrogens with zero attached hydrogens (tertiary/aromatic N) is 4. The van der Waals surface area contributed by atoms with E-state index in [1.165, 1.54) is 19.2 Å². The molecule has 1 unspecified atom stereocenters. The van der Waals surface area contributed by atoms with Gasteiger partial charge in [-0.1, -0.05) is 36.4 Å². The molecule has 3 amide bonds. The number of ether oxygens (including phenoxy) is 2. The Morgan fingerprint density at radius 3 is 2.26 bits per heavy atom. The lowest BCUT2D eigenvalue weighted by Crippen LogP contribution is -2.61. The van der Waals surface area contributed by atoms with E-state index in [0.29, 0.717) is 42.8 Å². The van der Waals surface area contributed by atoms with Crippen molar-refractivity contribution in [3.8, 4) is 11.5 Å². The van der Waals surface area contributed by atoms with Gasteiger partial charge in [0.15, 0.2) is 5.54 Å². The van der Waals surface area contributed by atoms with Crippen molar-refractivity contribution in [3.63, 3.8) is 0 Å². The molecule has 11 nitrogen and oxygen atoms in total. The molecular weight excluding hydrogens is 606 g/mol. The van der Waals surface area contributed by atoms with Crippen LogP contribution in [0.4, 0.5) is 10.5 Å². The Balaban J connectivity index is 1.42. The van der Waals surface area contributed by atoms with Crippen LogP contribution in [0.5, 0.6) is 11.5 Å². The van der Waals surface area contributed by atoms with Crippen molar-refractivity contribution in [1.82, 2.24) is 20.0 Å². The Kier molecular flexibility index (Phi) is 8.95. The molecule has 2 fully saturated rings. The van der Waals surface area contributed by atoms with Gasteiger partial charge in [-0.15, -0.1) is 0 Å². The maximum Gasteiger partial charge on any atom is 0.318 e. The largest absolute Gasteiger partial charge is 0.497 e. The molecule has 0 aromatic heterocycles. The van der Waals surface area contributed by atoms with Gasteiger partial charge in [0.05, 0.1) is 24.3 Å². The average Bonchev–Trinajstić information content (AvgIpc) is 3.33. The zero-order valence-corrected chi connectivity index (χ0v) is 27.3. The van der Waals surface area contributed by atoms with Crippen molar-refractivity contribution in [3.05, 3.63) is 83.9 Å². The zero-order valence-electron chi connectivity index (χ0n) is 26.5. The predicted octanol–water partition coefficient (Wildman–Crippen LogP) is 3.49. The summed E-state index contributed by atoms with van der Waals surface area (Å²) in [6.07, 6.45) is 2.19. The predicted molar refractivity (Wildman–Crippen MR) is 175 cm³/mol. The number of sulfonamides is 1. The number of carbonyl (C=O) groups is 2. The topological polar surface area (TPSA) is 112 Å². The molecule has 244 valence electrons. The SMILES string of the molecule is CCOc1ccccc1C1(NC(=O)N2CCN(C3CCN(C)CC3)CC2)C(=O)N(S(=O)(=O)c2ccccc2)c2ccc(OC)cc21. The van der Waals surface area contributed by atoms with Crippen LogP contribution >= 0.6 is 0 Å². The van der Waals surface area contributed by atoms with Gasteiger partial charge in [-0.3, -0.25) is 9.69 Å². The number of nitrogens with one attached hydrogen (secondary N) is 1. The molecule has 3 aliphatic heterocycles. The van der Waals surface area contributed by atoms with Crippen molar-refractivity contribution in [2.75, 3.05) is 64.3 Å². The van der Waals surface area contributed by atoms with E-state index in [1.54, 1.807) is 65.6 Å². The number of benzene rings is 3. The Hall–Kier alpha value is -4.13. The molecule has 12 heteroatoms. The van der Waals surface area contributed by atoms with E-state index < -0.39 is 27.5 Å². The van der Waals surface area contributed by atoms with Crippen molar-refractivity contribution in [2.24, 2.45) is 0 Å². The highest BCUT2D eigenvalue weighted by molar-refractivity contribution is 7.93. The maximum atomic E-state index is 15.0. The maximum absolute atomic E-state index is 15.0. The van der Waals surface area contributed by atoms with Gasteiger partial charge in [0.25, 0.3) is 15.9 Å². The molecule has 0 spiro atoms. The summed E-state index contributed by atoms with van der Waals surface area (Å²) in [6, 6.07) is 19.5. The van der Waals surface area contributed by atoms with Crippen LogP contribution in [0.2, 0.25) is 0 Å². The lowest BCUT2D eigenvalue weighted by Gasteiger charge is -2.43. The highest BCUT2D eigenvalue weighted by Crippen LogP contribution is 2.50. The summed E-state index contributed by atoms with van der Waals surface area (Å²) in [6.45, 7) is 6.63. The molecule has 6 rings (SSSR count). The van der Waals surface area contributed by atoms with Gasteiger partial charge < -0.3 is 24.6 Å². The van der Waals surface area contributed by atoms with Crippen LogP contribution in [0.3, 0.4) is 0 Å². The Bertz CT molecular complexity index is 1690. The first-order chi connectivity index (χ1) is 22.2. The summed E-state index contributed by atoms with van der Waals surface area (Å²) >= 11 is 0. The van der Waals surface area contributed by atoms with E-state index in [4.69, 9.17) is 9.47 Å². The lowest BCUT2D eigenvalue weighted by molar-refractivity contribution is -0.121. The molecule has 3 heterocycles. The lowest BCUT2D eigenvalue weighted by atomic mass is 9.83. The van der Waals surface area contributed by atoms with E-state index in [9.17, 15) is 18.0 Å². The number of rotatable bonds is 8. The number of anilines is 1. The minimum Gasteiger partial charge on any atom is -0.497 e. The molecule has 3 aromatic rings. The van der Waals surface area contributed by atoms with Crippen LogP contribution in [0, 0.1) is 0 Å². The van der Waals surface area contributed by atoms with Gasteiger partial charge >= 0.3 is 6.03 Å². The molecule has 1 atom stereocenters. The third-order valence-corrected chi connectivity index (χ3v) is 11.0. The number of fused-ring (bicyclic) bond motifs is 1. The number of methoxy groups -OCH3 is 1. The van der Waals surface area contributed by atoms with Crippen LogP contribution < -0.4 is 19.1 Å². The van der Waals surface area contributed by atoms with Gasteiger partial charge in [0.1, 0.15) is 11.5 Å². The number of likely N-dealkylation sites (tertiary alicyclic amines) is 1. The average molecular weight is 648 g/mol. The Morgan fingerprint density at radius 2 is 1.59 bits per heavy atom. The molecule has 1 N–H and O–H groups in total. The van der Waals surface area contributed by atoms with Crippen molar-refractivity contribution < 1.29 is 27.5 Å². The third-order valence-electron chi connectivity index (χ3n) is 9.30. The fourth-order valence-corrected chi connectivity index (χ4v) is 8.31. The number of carbonyl (C=O) groups excluding carboxylic acids is 2. The molecule has 3 aromatic carbocycles. The number of hydrogen-bond acceptors (Lipinski definition) is 8. The van der Waals surface area contributed by atoms with Crippen molar-refractivity contribution in [2.45, 2.75) is 36.2 Å². The molecule has 0 radical (unpaired) electrons.